The van der Waals surface area contributed by atoms with Gasteiger partial charge >= 0.3 is 6.03 Å². The largest absolute Gasteiger partial charge is 0.497 e. The van der Waals surface area contributed by atoms with Crippen LogP contribution in [0.4, 0.5) is 4.79 Å². The van der Waals surface area contributed by atoms with Gasteiger partial charge in [-0.25, -0.2) is 4.79 Å². The van der Waals surface area contributed by atoms with Crippen LogP contribution in [0, 0.1) is 11.3 Å². The van der Waals surface area contributed by atoms with E-state index in [0.717, 1.165) is 4.90 Å². The molecule has 0 spiro atoms. The number of benzene rings is 1. The first kappa shape index (κ1) is 13.9. The Hall–Kier alpha value is -2.55. The van der Waals surface area contributed by atoms with Crippen LogP contribution in [0.2, 0.25) is 0 Å². The van der Waals surface area contributed by atoms with Gasteiger partial charge in [-0.15, -0.1) is 0 Å². The molecule has 0 saturated carbocycles. The third kappa shape index (κ3) is 2.18. The van der Waals surface area contributed by atoms with Crippen LogP contribution in [-0.4, -0.2) is 30.5 Å². The Morgan fingerprint density at radius 3 is 2.55 bits per heavy atom. The van der Waals surface area contributed by atoms with Gasteiger partial charge in [0.25, 0.3) is 5.91 Å². The zero-order valence-corrected chi connectivity index (χ0v) is 11.3. The van der Waals surface area contributed by atoms with Crippen LogP contribution >= 0.6 is 0 Å². The van der Waals surface area contributed by atoms with Gasteiger partial charge in [0.2, 0.25) is 0 Å². The van der Waals surface area contributed by atoms with Crippen molar-refractivity contribution in [3.8, 4) is 11.8 Å². The van der Waals surface area contributed by atoms with Crippen LogP contribution in [0.15, 0.2) is 24.3 Å². The summed E-state index contributed by atoms with van der Waals surface area (Å²) >= 11 is 0. The molecule has 1 aromatic carbocycles. The molecule has 1 N–H and O–H groups in total. The fourth-order valence-corrected chi connectivity index (χ4v) is 2.18. The average molecular weight is 273 g/mol. The fraction of sp³-hybridized carbons (Fsp3) is 0.357. The molecule has 0 unspecified atom stereocenters. The molecule has 0 aromatic heterocycles. The first-order valence-corrected chi connectivity index (χ1v) is 6.18. The van der Waals surface area contributed by atoms with Crippen LogP contribution in [0.3, 0.4) is 0 Å². The van der Waals surface area contributed by atoms with Crippen molar-refractivity contribution in [1.82, 2.24) is 10.2 Å². The maximum absolute atomic E-state index is 12.4. The quantitative estimate of drug-likeness (QED) is 0.840. The number of hydrogen-bond donors (Lipinski definition) is 1. The van der Waals surface area contributed by atoms with Crippen molar-refractivity contribution in [1.29, 1.82) is 5.26 Å². The lowest BCUT2D eigenvalue weighted by Crippen LogP contribution is -2.40. The highest BCUT2D eigenvalue weighted by atomic mass is 16.5. The first-order chi connectivity index (χ1) is 9.52. The van der Waals surface area contributed by atoms with E-state index in [9.17, 15) is 9.59 Å². The molecule has 1 saturated heterocycles. The van der Waals surface area contributed by atoms with Crippen molar-refractivity contribution in [3.05, 3.63) is 29.8 Å². The Bertz CT molecular complexity index is 576. The number of nitrogens with zero attached hydrogens (tertiary/aromatic N) is 2. The zero-order chi connectivity index (χ0) is 14.8. The molecule has 20 heavy (non-hydrogen) atoms. The SMILES string of the molecule is COc1ccc([C@]2(C)NC(=O)N(CCC#N)C2=O)cc1. The van der Waals surface area contributed by atoms with Crippen LogP contribution in [0.1, 0.15) is 18.9 Å². The van der Waals surface area contributed by atoms with Crippen molar-refractivity contribution in [3.63, 3.8) is 0 Å². The molecular weight excluding hydrogens is 258 g/mol. The summed E-state index contributed by atoms with van der Waals surface area (Å²) < 4.78 is 5.07. The number of nitrogens with one attached hydrogen (secondary N) is 1. The number of carbonyl (C=O) groups is 2. The van der Waals surface area contributed by atoms with E-state index in [1.165, 1.54) is 0 Å². The molecule has 6 heteroatoms. The number of hydrogen-bond acceptors (Lipinski definition) is 4. The number of rotatable bonds is 4. The smallest absolute Gasteiger partial charge is 0.325 e. The normalized spacial score (nSPS) is 21.6. The van der Waals surface area contributed by atoms with Gasteiger partial charge in [0.05, 0.1) is 19.6 Å². The number of urea groups is 1. The van der Waals surface area contributed by atoms with Crippen molar-refractivity contribution in [2.24, 2.45) is 0 Å². The molecule has 1 aromatic rings. The average Bonchev–Trinajstić information content (AvgIpc) is 2.68. The van der Waals surface area contributed by atoms with Crippen LogP contribution in [-0.2, 0) is 10.3 Å². The van der Waals surface area contributed by atoms with Gasteiger partial charge in [-0.2, -0.15) is 5.26 Å². The Kier molecular flexibility index (Phi) is 3.61. The second kappa shape index (κ2) is 5.21. The lowest BCUT2D eigenvalue weighted by Gasteiger charge is -2.22. The molecule has 0 aliphatic carbocycles. The summed E-state index contributed by atoms with van der Waals surface area (Å²) in [5.74, 6) is 0.332. The molecule has 0 radical (unpaired) electrons. The number of amides is 3. The summed E-state index contributed by atoms with van der Waals surface area (Å²) in [6.45, 7) is 1.76. The molecule has 2 rings (SSSR count). The van der Waals surface area contributed by atoms with E-state index in [0.29, 0.717) is 11.3 Å². The molecule has 1 heterocycles. The highest BCUT2D eigenvalue weighted by Crippen LogP contribution is 2.29. The second-order valence-electron chi connectivity index (χ2n) is 4.65. The summed E-state index contributed by atoms with van der Waals surface area (Å²) in [6.07, 6.45) is 0.123. The first-order valence-electron chi connectivity index (χ1n) is 6.18. The van der Waals surface area contributed by atoms with Gasteiger partial charge in [0.15, 0.2) is 0 Å². The van der Waals surface area contributed by atoms with Crippen molar-refractivity contribution < 1.29 is 14.3 Å². The highest BCUT2D eigenvalue weighted by Gasteiger charge is 2.48. The van der Waals surface area contributed by atoms with Crippen LogP contribution in [0.25, 0.3) is 0 Å². The van der Waals surface area contributed by atoms with Crippen LogP contribution in [0.5, 0.6) is 5.75 Å². The second-order valence-corrected chi connectivity index (χ2v) is 4.65. The molecule has 1 fully saturated rings. The number of methoxy groups -OCH3 is 1. The van der Waals surface area contributed by atoms with Crippen molar-refractivity contribution >= 4 is 11.9 Å². The molecule has 0 bridgehead atoms. The topological polar surface area (TPSA) is 82.4 Å². The van der Waals surface area contributed by atoms with E-state index in [-0.39, 0.29) is 18.9 Å². The van der Waals surface area contributed by atoms with E-state index < -0.39 is 11.6 Å². The zero-order valence-electron chi connectivity index (χ0n) is 11.3. The summed E-state index contributed by atoms with van der Waals surface area (Å²) in [5.41, 5.74) is -0.421. The Labute approximate surface area is 116 Å². The Morgan fingerprint density at radius 2 is 2.00 bits per heavy atom. The molecular formula is C14H15N3O3. The lowest BCUT2D eigenvalue weighted by molar-refractivity contribution is -0.131. The molecule has 1 atom stereocenters. The maximum atomic E-state index is 12.4. The number of carbonyl (C=O) groups excluding carboxylic acids is 2. The van der Waals surface area contributed by atoms with Gasteiger partial charge in [-0.3, -0.25) is 9.69 Å². The molecule has 1 aliphatic heterocycles. The third-order valence-electron chi connectivity index (χ3n) is 3.39. The van der Waals surface area contributed by atoms with E-state index in [1.807, 2.05) is 6.07 Å². The van der Waals surface area contributed by atoms with Gasteiger partial charge in [-0.1, -0.05) is 12.1 Å². The van der Waals surface area contributed by atoms with Gasteiger partial charge in [-0.05, 0) is 24.6 Å². The molecule has 3 amide bonds. The van der Waals surface area contributed by atoms with E-state index in [2.05, 4.69) is 5.32 Å². The predicted molar refractivity (Wildman–Crippen MR) is 70.8 cm³/mol. The fourth-order valence-electron chi connectivity index (χ4n) is 2.18. The molecule has 6 nitrogen and oxygen atoms in total. The van der Waals surface area contributed by atoms with E-state index in [4.69, 9.17) is 10.00 Å². The summed E-state index contributed by atoms with van der Waals surface area (Å²) in [5, 5.41) is 11.3. The van der Waals surface area contributed by atoms with Gasteiger partial charge in [0, 0.05) is 6.54 Å². The monoisotopic (exact) mass is 273 g/mol. The van der Waals surface area contributed by atoms with E-state index >= 15 is 0 Å². The third-order valence-corrected chi connectivity index (χ3v) is 3.39. The minimum absolute atomic E-state index is 0.104. The Morgan fingerprint density at radius 1 is 1.35 bits per heavy atom. The minimum Gasteiger partial charge on any atom is -0.497 e. The molecule has 1 aliphatic rings. The summed E-state index contributed by atoms with van der Waals surface area (Å²) in [7, 11) is 1.56. The maximum Gasteiger partial charge on any atom is 0.325 e. The number of imide groups is 1. The molecule has 104 valence electrons. The Balaban J connectivity index is 2.28. The standard InChI is InChI=1S/C14H15N3O3/c1-14(10-4-6-11(20-2)7-5-10)12(18)17(9-3-8-15)13(19)16-14/h4-7H,3,9H2,1-2H3,(H,16,19)/t14-/m0/s1. The van der Waals surface area contributed by atoms with Crippen molar-refractivity contribution in [2.45, 2.75) is 18.9 Å². The predicted octanol–water partition coefficient (Wildman–Crippen LogP) is 1.38. The van der Waals surface area contributed by atoms with Crippen molar-refractivity contribution in [2.75, 3.05) is 13.7 Å². The van der Waals surface area contributed by atoms with E-state index in [1.54, 1.807) is 38.3 Å². The lowest BCUT2D eigenvalue weighted by atomic mass is 9.92. The minimum atomic E-state index is -1.10. The highest BCUT2D eigenvalue weighted by molar-refractivity contribution is 6.07. The number of ether oxygens (including phenoxy) is 1. The summed E-state index contributed by atoms with van der Waals surface area (Å²) in [6, 6.07) is 8.41. The van der Waals surface area contributed by atoms with Gasteiger partial charge < -0.3 is 10.1 Å². The van der Waals surface area contributed by atoms with Crippen LogP contribution < -0.4 is 10.1 Å². The summed E-state index contributed by atoms with van der Waals surface area (Å²) in [4.78, 5) is 25.3. The number of nitriles is 1. The van der Waals surface area contributed by atoms with Gasteiger partial charge in [0.1, 0.15) is 11.3 Å².